The lowest BCUT2D eigenvalue weighted by Gasteiger charge is -2.34. The van der Waals surface area contributed by atoms with Gasteiger partial charge in [-0.2, -0.15) is 0 Å². The molecule has 1 aromatic rings. The SMILES string of the molecule is CC1(CNC(=O)CNC(=O)Cc2ccccc2)CCNCC1.Cl. The summed E-state index contributed by atoms with van der Waals surface area (Å²) in [6.07, 6.45) is 2.43. The van der Waals surface area contributed by atoms with Crippen LogP contribution in [0, 0.1) is 5.41 Å². The molecule has 0 spiro atoms. The minimum absolute atomic E-state index is 0. The van der Waals surface area contributed by atoms with E-state index in [0.717, 1.165) is 31.5 Å². The molecule has 3 N–H and O–H groups in total. The average molecular weight is 340 g/mol. The number of hydrogen-bond donors (Lipinski definition) is 3. The first kappa shape index (κ1) is 19.5. The topological polar surface area (TPSA) is 70.2 Å². The van der Waals surface area contributed by atoms with Crippen LogP contribution in [0.4, 0.5) is 0 Å². The molecule has 1 aliphatic rings. The quantitative estimate of drug-likeness (QED) is 0.731. The van der Waals surface area contributed by atoms with Crippen molar-refractivity contribution in [3.05, 3.63) is 35.9 Å². The molecule has 0 bridgehead atoms. The minimum atomic E-state index is -0.130. The van der Waals surface area contributed by atoms with Crippen LogP contribution in [-0.4, -0.2) is 38.0 Å². The molecule has 0 aliphatic carbocycles. The molecule has 2 rings (SSSR count). The average Bonchev–Trinajstić information content (AvgIpc) is 2.53. The van der Waals surface area contributed by atoms with Crippen molar-refractivity contribution in [3.8, 4) is 0 Å². The molecule has 0 unspecified atom stereocenters. The van der Waals surface area contributed by atoms with Gasteiger partial charge in [-0.05, 0) is 36.9 Å². The fraction of sp³-hybridized carbons (Fsp3) is 0.529. The van der Waals surface area contributed by atoms with E-state index in [9.17, 15) is 9.59 Å². The summed E-state index contributed by atoms with van der Waals surface area (Å²) in [7, 11) is 0. The Morgan fingerprint density at radius 1 is 1.09 bits per heavy atom. The Morgan fingerprint density at radius 3 is 2.39 bits per heavy atom. The van der Waals surface area contributed by atoms with Crippen molar-refractivity contribution in [3.63, 3.8) is 0 Å². The maximum absolute atomic E-state index is 11.8. The summed E-state index contributed by atoms with van der Waals surface area (Å²) in [6, 6.07) is 9.51. The van der Waals surface area contributed by atoms with Crippen LogP contribution in [0.5, 0.6) is 0 Å². The normalized spacial score (nSPS) is 16.0. The standard InChI is InChI=1S/C17H25N3O2.ClH/c1-17(7-9-18-10-8-17)13-20-16(22)12-19-15(21)11-14-5-3-2-4-6-14;/h2-6,18H,7-13H2,1H3,(H,19,21)(H,20,22);1H. The highest BCUT2D eigenvalue weighted by molar-refractivity contribution is 5.86. The van der Waals surface area contributed by atoms with Crippen molar-refractivity contribution in [2.75, 3.05) is 26.2 Å². The Labute approximate surface area is 144 Å². The molecule has 0 aromatic heterocycles. The Balaban J connectivity index is 0.00000264. The van der Waals surface area contributed by atoms with Crippen LogP contribution in [0.15, 0.2) is 30.3 Å². The Hall–Kier alpha value is -1.59. The van der Waals surface area contributed by atoms with E-state index in [1.54, 1.807) is 0 Å². The van der Waals surface area contributed by atoms with Crippen LogP contribution >= 0.6 is 12.4 Å². The van der Waals surface area contributed by atoms with Crippen molar-refractivity contribution in [2.45, 2.75) is 26.2 Å². The van der Waals surface area contributed by atoms with Gasteiger partial charge < -0.3 is 16.0 Å². The third kappa shape index (κ3) is 7.01. The lowest BCUT2D eigenvalue weighted by atomic mass is 9.81. The first-order valence-electron chi connectivity index (χ1n) is 7.85. The van der Waals surface area contributed by atoms with Gasteiger partial charge in [-0.25, -0.2) is 0 Å². The van der Waals surface area contributed by atoms with Crippen LogP contribution < -0.4 is 16.0 Å². The van der Waals surface area contributed by atoms with Crippen LogP contribution in [0.1, 0.15) is 25.3 Å². The van der Waals surface area contributed by atoms with Gasteiger partial charge in [0.1, 0.15) is 0 Å². The van der Waals surface area contributed by atoms with Crippen molar-refractivity contribution in [2.24, 2.45) is 5.41 Å². The van der Waals surface area contributed by atoms with Crippen molar-refractivity contribution in [1.82, 2.24) is 16.0 Å². The lowest BCUT2D eigenvalue weighted by Crippen LogP contribution is -2.45. The second-order valence-corrected chi connectivity index (χ2v) is 6.28. The monoisotopic (exact) mass is 339 g/mol. The molecule has 23 heavy (non-hydrogen) atoms. The second kappa shape index (κ2) is 9.53. The molecule has 6 heteroatoms. The van der Waals surface area contributed by atoms with Crippen LogP contribution in [-0.2, 0) is 16.0 Å². The molecule has 1 aromatic carbocycles. The highest BCUT2D eigenvalue weighted by atomic mass is 35.5. The fourth-order valence-electron chi connectivity index (χ4n) is 2.60. The molecular formula is C17H26ClN3O2. The Morgan fingerprint density at radius 2 is 1.74 bits per heavy atom. The molecule has 0 saturated carbocycles. The lowest BCUT2D eigenvalue weighted by molar-refractivity contribution is -0.126. The maximum Gasteiger partial charge on any atom is 0.239 e. The van der Waals surface area contributed by atoms with E-state index >= 15 is 0 Å². The summed E-state index contributed by atoms with van der Waals surface area (Å²) in [4.78, 5) is 23.6. The van der Waals surface area contributed by atoms with Gasteiger partial charge >= 0.3 is 0 Å². The van der Waals surface area contributed by atoms with Gasteiger partial charge in [-0.3, -0.25) is 9.59 Å². The van der Waals surface area contributed by atoms with E-state index in [1.165, 1.54) is 0 Å². The molecule has 1 saturated heterocycles. The van der Waals surface area contributed by atoms with Gasteiger partial charge in [0.05, 0.1) is 13.0 Å². The van der Waals surface area contributed by atoms with Gasteiger partial charge in [-0.15, -0.1) is 12.4 Å². The predicted octanol–water partition coefficient (Wildman–Crippen LogP) is 1.27. The fourth-order valence-corrected chi connectivity index (χ4v) is 2.60. The Bertz CT molecular complexity index is 502. The van der Waals surface area contributed by atoms with Crippen molar-refractivity contribution >= 4 is 24.2 Å². The summed E-state index contributed by atoms with van der Waals surface area (Å²) < 4.78 is 0. The predicted molar refractivity (Wildman–Crippen MR) is 93.6 cm³/mol. The molecule has 1 fully saturated rings. The van der Waals surface area contributed by atoms with E-state index < -0.39 is 0 Å². The number of nitrogens with one attached hydrogen (secondary N) is 3. The summed E-state index contributed by atoms with van der Waals surface area (Å²) in [5.74, 6) is -0.254. The van der Waals surface area contributed by atoms with E-state index in [4.69, 9.17) is 0 Å². The number of carbonyl (C=O) groups excluding carboxylic acids is 2. The smallest absolute Gasteiger partial charge is 0.239 e. The molecule has 128 valence electrons. The highest BCUT2D eigenvalue weighted by Gasteiger charge is 2.26. The van der Waals surface area contributed by atoms with Gasteiger partial charge in [0.15, 0.2) is 0 Å². The van der Waals surface area contributed by atoms with Gasteiger partial charge in [0, 0.05) is 6.54 Å². The number of amides is 2. The first-order chi connectivity index (χ1) is 10.6. The van der Waals surface area contributed by atoms with Gasteiger partial charge in [0.2, 0.25) is 11.8 Å². The zero-order valence-electron chi connectivity index (χ0n) is 13.6. The molecule has 5 nitrogen and oxygen atoms in total. The van der Waals surface area contributed by atoms with E-state index in [2.05, 4.69) is 22.9 Å². The van der Waals surface area contributed by atoms with Crippen molar-refractivity contribution < 1.29 is 9.59 Å². The molecule has 0 atom stereocenters. The molecule has 1 heterocycles. The van der Waals surface area contributed by atoms with E-state index in [-0.39, 0.29) is 36.2 Å². The molecular weight excluding hydrogens is 314 g/mol. The number of hydrogen-bond acceptors (Lipinski definition) is 3. The molecule has 1 aliphatic heterocycles. The number of carbonyl (C=O) groups is 2. The molecule has 0 radical (unpaired) electrons. The third-order valence-electron chi connectivity index (χ3n) is 4.18. The summed E-state index contributed by atoms with van der Waals surface area (Å²) in [5.41, 5.74) is 1.11. The zero-order valence-corrected chi connectivity index (χ0v) is 14.4. The van der Waals surface area contributed by atoms with Crippen LogP contribution in [0.25, 0.3) is 0 Å². The van der Waals surface area contributed by atoms with E-state index in [0.29, 0.717) is 13.0 Å². The highest BCUT2D eigenvalue weighted by Crippen LogP contribution is 2.26. The van der Waals surface area contributed by atoms with Crippen LogP contribution in [0.3, 0.4) is 0 Å². The van der Waals surface area contributed by atoms with Gasteiger partial charge in [0.25, 0.3) is 0 Å². The van der Waals surface area contributed by atoms with E-state index in [1.807, 2.05) is 30.3 Å². The zero-order chi connectivity index (χ0) is 15.8. The number of rotatable bonds is 6. The number of halogens is 1. The second-order valence-electron chi connectivity index (χ2n) is 6.28. The summed E-state index contributed by atoms with van der Waals surface area (Å²) in [5, 5.41) is 8.92. The van der Waals surface area contributed by atoms with Gasteiger partial charge in [-0.1, -0.05) is 37.3 Å². The first-order valence-corrected chi connectivity index (χ1v) is 7.85. The maximum atomic E-state index is 11.8. The third-order valence-corrected chi connectivity index (χ3v) is 4.18. The summed E-state index contributed by atoms with van der Waals surface area (Å²) >= 11 is 0. The largest absolute Gasteiger partial charge is 0.354 e. The van der Waals surface area contributed by atoms with Crippen molar-refractivity contribution in [1.29, 1.82) is 0 Å². The van der Waals surface area contributed by atoms with Crippen LogP contribution in [0.2, 0.25) is 0 Å². The molecule has 2 amide bonds. The summed E-state index contributed by atoms with van der Waals surface area (Å²) in [6.45, 7) is 4.91. The minimum Gasteiger partial charge on any atom is -0.354 e. The number of benzene rings is 1. The number of piperidine rings is 1. The Kier molecular flexibility index (Phi) is 8.06.